The Bertz CT molecular complexity index is 531. The van der Waals surface area contributed by atoms with Crippen molar-refractivity contribution in [2.24, 2.45) is 11.7 Å². The number of non-ortho nitro benzene ring substituents is 1. The van der Waals surface area contributed by atoms with E-state index in [0.29, 0.717) is 18.0 Å². The van der Waals surface area contributed by atoms with Crippen molar-refractivity contribution >= 4 is 11.6 Å². The Morgan fingerprint density at radius 3 is 3.00 bits per heavy atom. The predicted octanol–water partition coefficient (Wildman–Crippen LogP) is 1.72. The minimum Gasteiger partial charge on any atom is -0.342 e. The van der Waals surface area contributed by atoms with Gasteiger partial charge in [-0.05, 0) is 31.2 Å². The quantitative estimate of drug-likeness (QED) is 0.675. The molecule has 0 aliphatic carbocycles. The van der Waals surface area contributed by atoms with Gasteiger partial charge in [0, 0.05) is 31.3 Å². The number of likely N-dealkylation sites (tertiary alicyclic amines) is 1. The van der Waals surface area contributed by atoms with E-state index in [0.717, 1.165) is 19.4 Å². The Kier molecular flexibility index (Phi) is 4.90. The van der Waals surface area contributed by atoms with Gasteiger partial charge < -0.3 is 10.6 Å². The average molecular weight is 291 g/mol. The van der Waals surface area contributed by atoms with Crippen molar-refractivity contribution in [2.75, 3.05) is 13.1 Å². The number of nitro groups is 1. The molecule has 1 aliphatic heterocycles. The molecule has 1 amide bonds. The van der Waals surface area contributed by atoms with Gasteiger partial charge >= 0.3 is 0 Å². The van der Waals surface area contributed by atoms with E-state index in [1.807, 2.05) is 11.8 Å². The summed E-state index contributed by atoms with van der Waals surface area (Å²) in [4.78, 5) is 24.5. The summed E-state index contributed by atoms with van der Waals surface area (Å²) in [6.45, 7) is 3.40. The Morgan fingerprint density at radius 1 is 1.57 bits per heavy atom. The highest BCUT2D eigenvalue weighted by Gasteiger charge is 2.25. The van der Waals surface area contributed by atoms with E-state index in [-0.39, 0.29) is 24.1 Å². The Labute approximate surface area is 124 Å². The van der Waals surface area contributed by atoms with Gasteiger partial charge in [0.1, 0.15) is 0 Å². The summed E-state index contributed by atoms with van der Waals surface area (Å²) < 4.78 is 0. The zero-order valence-electron chi connectivity index (χ0n) is 12.2. The first-order valence-corrected chi connectivity index (χ1v) is 7.24. The van der Waals surface area contributed by atoms with Crippen LogP contribution < -0.4 is 5.73 Å². The van der Waals surface area contributed by atoms with Crippen molar-refractivity contribution in [3.63, 3.8) is 0 Å². The molecule has 6 heteroatoms. The fraction of sp³-hybridized carbons (Fsp3) is 0.533. The predicted molar refractivity (Wildman–Crippen MR) is 79.8 cm³/mol. The lowest BCUT2D eigenvalue weighted by Gasteiger charge is -2.34. The molecule has 2 N–H and O–H groups in total. The van der Waals surface area contributed by atoms with E-state index in [1.165, 1.54) is 12.1 Å². The van der Waals surface area contributed by atoms with E-state index in [2.05, 4.69) is 0 Å². The molecular weight excluding hydrogens is 270 g/mol. The number of hydrogen-bond donors (Lipinski definition) is 1. The van der Waals surface area contributed by atoms with Crippen LogP contribution >= 0.6 is 0 Å². The summed E-state index contributed by atoms with van der Waals surface area (Å²) in [7, 11) is 0. The van der Waals surface area contributed by atoms with Gasteiger partial charge in [-0.2, -0.15) is 0 Å². The van der Waals surface area contributed by atoms with Gasteiger partial charge in [-0.25, -0.2) is 0 Å². The van der Waals surface area contributed by atoms with Gasteiger partial charge in [-0.15, -0.1) is 0 Å². The summed E-state index contributed by atoms with van der Waals surface area (Å²) >= 11 is 0. The van der Waals surface area contributed by atoms with Crippen LogP contribution in [0.25, 0.3) is 0 Å². The summed E-state index contributed by atoms with van der Waals surface area (Å²) in [5.41, 5.74) is 6.62. The minimum atomic E-state index is -0.443. The van der Waals surface area contributed by atoms with Crippen LogP contribution in [-0.4, -0.2) is 34.9 Å². The van der Waals surface area contributed by atoms with Crippen LogP contribution in [0.3, 0.4) is 0 Å². The highest BCUT2D eigenvalue weighted by molar-refractivity contribution is 5.79. The Hall–Kier alpha value is -1.95. The molecule has 0 aromatic heterocycles. The number of nitrogens with zero attached hydrogens (tertiary/aromatic N) is 2. The summed E-state index contributed by atoms with van der Waals surface area (Å²) in [5.74, 6) is 0.355. The number of nitro benzene ring substituents is 1. The molecule has 1 aliphatic rings. The number of nitrogens with two attached hydrogens (primary N) is 1. The van der Waals surface area contributed by atoms with Crippen molar-refractivity contribution < 1.29 is 9.72 Å². The van der Waals surface area contributed by atoms with Crippen molar-refractivity contribution in [1.82, 2.24) is 4.90 Å². The first-order chi connectivity index (χ1) is 9.97. The normalized spacial score (nSPS) is 20.1. The maximum atomic E-state index is 12.3. The van der Waals surface area contributed by atoms with E-state index < -0.39 is 4.92 Å². The standard InChI is InChI=1S/C15H21N3O3/c1-11(16)13-5-3-7-17(10-13)15(19)9-12-4-2-6-14(8-12)18(20)21/h2,4,6,8,11,13H,3,5,7,9-10,16H2,1H3. The van der Waals surface area contributed by atoms with Gasteiger partial charge in [0.15, 0.2) is 0 Å². The fourth-order valence-corrected chi connectivity index (χ4v) is 2.73. The van der Waals surface area contributed by atoms with Crippen molar-refractivity contribution in [3.8, 4) is 0 Å². The van der Waals surface area contributed by atoms with Crippen LogP contribution in [0.2, 0.25) is 0 Å². The fourth-order valence-electron chi connectivity index (χ4n) is 2.73. The Morgan fingerprint density at radius 2 is 2.33 bits per heavy atom. The van der Waals surface area contributed by atoms with Crippen molar-refractivity contribution in [1.29, 1.82) is 0 Å². The second kappa shape index (κ2) is 6.67. The summed E-state index contributed by atoms with van der Waals surface area (Å²) in [6.07, 6.45) is 2.22. The smallest absolute Gasteiger partial charge is 0.269 e. The third kappa shape index (κ3) is 4.01. The number of carbonyl (C=O) groups is 1. The number of carbonyl (C=O) groups excluding carboxylic acids is 1. The molecule has 114 valence electrons. The average Bonchev–Trinajstić information content (AvgIpc) is 2.47. The zero-order valence-corrected chi connectivity index (χ0v) is 12.2. The summed E-state index contributed by atoms with van der Waals surface area (Å²) in [5, 5.41) is 10.8. The monoisotopic (exact) mass is 291 g/mol. The van der Waals surface area contributed by atoms with Crippen LogP contribution in [-0.2, 0) is 11.2 Å². The highest BCUT2D eigenvalue weighted by atomic mass is 16.6. The summed E-state index contributed by atoms with van der Waals surface area (Å²) in [6, 6.07) is 6.34. The minimum absolute atomic E-state index is 0.0147. The van der Waals surface area contributed by atoms with Gasteiger partial charge in [0.2, 0.25) is 5.91 Å². The zero-order chi connectivity index (χ0) is 15.4. The largest absolute Gasteiger partial charge is 0.342 e. The molecule has 1 aromatic rings. The van der Waals surface area contributed by atoms with Gasteiger partial charge in [-0.1, -0.05) is 12.1 Å². The van der Waals surface area contributed by atoms with Crippen molar-refractivity contribution in [2.45, 2.75) is 32.2 Å². The molecule has 1 heterocycles. The molecule has 0 bridgehead atoms. The van der Waals surface area contributed by atoms with Crippen molar-refractivity contribution in [3.05, 3.63) is 39.9 Å². The van der Waals surface area contributed by atoms with E-state index in [9.17, 15) is 14.9 Å². The van der Waals surface area contributed by atoms with Gasteiger partial charge in [0.25, 0.3) is 5.69 Å². The highest BCUT2D eigenvalue weighted by Crippen LogP contribution is 2.20. The number of rotatable bonds is 4. The molecule has 1 saturated heterocycles. The second-order valence-electron chi connectivity index (χ2n) is 5.70. The SMILES string of the molecule is CC(N)C1CCCN(C(=O)Cc2cccc([N+](=O)[O-])c2)C1. The molecule has 6 nitrogen and oxygen atoms in total. The number of benzene rings is 1. The van der Waals surface area contributed by atoms with Crippen LogP contribution in [0, 0.1) is 16.0 Å². The molecule has 0 saturated carbocycles. The molecule has 1 fully saturated rings. The molecule has 0 radical (unpaired) electrons. The van der Waals surface area contributed by atoms with Crippen LogP contribution in [0.15, 0.2) is 24.3 Å². The first kappa shape index (κ1) is 15.4. The molecule has 2 unspecified atom stereocenters. The second-order valence-corrected chi connectivity index (χ2v) is 5.70. The van der Waals surface area contributed by atoms with Gasteiger partial charge in [-0.3, -0.25) is 14.9 Å². The van der Waals surface area contributed by atoms with Gasteiger partial charge in [0.05, 0.1) is 11.3 Å². The van der Waals surface area contributed by atoms with Crippen LogP contribution in [0.4, 0.5) is 5.69 Å². The third-order valence-corrected chi connectivity index (χ3v) is 4.03. The first-order valence-electron chi connectivity index (χ1n) is 7.24. The molecule has 1 aromatic carbocycles. The van der Waals surface area contributed by atoms with E-state index >= 15 is 0 Å². The third-order valence-electron chi connectivity index (χ3n) is 4.03. The molecule has 21 heavy (non-hydrogen) atoms. The van der Waals surface area contributed by atoms with Crippen LogP contribution in [0.1, 0.15) is 25.3 Å². The number of amides is 1. The molecule has 0 spiro atoms. The maximum Gasteiger partial charge on any atom is 0.269 e. The maximum absolute atomic E-state index is 12.3. The number of hydrogen-bond acceptors (Lipinski definition) is 4. The van der Waals surface area contributed by atoms with Crippen LogP contribution in [0.5, 0.6) is 0 Å². The van der Waals surface area contributed by atoms with E-state index in [4.69, 9.17) is 5.73 Å². The lowest BCUT2D eigenvalue weighted by Crippen LogP contribution is -2.45. The molecule has 2 rings (SSSR count). The topological polar surface area (TPSA) is 89.5 Å². The molecule has 2 atom stereocenters. The molecular formula is C15H21N3O3. The Balaban J connectivity index is 2.01. The lowest BCUT2D eigenvalue weighted by molar-refractivity contribution is -0.384. The lowest BCUT2D eigenvalue weighted by atomic mass is 9.92. The van der Waals surface area contributed by atoms with E-state index in [1.54, 1.807) is 12.1 Å². The number of piperidine rings is 1.